The Morgan fingerprint density at radius 2 is 2.00 bits per heavy atom. The summed E-state index contributed by atoms with van der Waals surface area (Å²) in [6.45, 7) is 4.12. The summed E-state index contributed by atoms with van der Waals surface area (Å²) in [5, 5.41) is 0. The van der Waals surface area contributed by atoms with Crippen molar-refractivity contribution >= 4 is 17.4 Å². The first kappa shape index (κ1) is 11.8. The van der Waals surface area contributed by atoms with Crippen LogP contribution in [0.1, 0.15) is 26.7 Å². The predicted molar refractivity (Wildman–Crippen MR) is 67.5 cm³/mol. The maximum absolute atomic E-state index is 11.5. The Morgan fingerprint density at radius 1 is 1.29 bits per heavy atom. The van der Waals surface area contributed by atoms with Gasteiger partial charge in [0.05, 0.1) is 12.1 Å². The Bertz CT molecular complexity index is 423. The highest BCUT2D eigenvalue weighted by Gasteiger charge is 2.27. The molecule has 1 aliphatic rings. The molecule has 1 heterocycles. The summed E-state index contributed by atoms with van der Waals surface area (Å²) in [7, 11) is 0. The minimum Gasteiger partial charge on any atom is -0.461 e. The summed E-state index contributed by atoms with van der Waals surface area (Å²) in [6.07, 6.45) is 1.04. The number of hydrogen-bond donors (Lipinski definition) is 0. The van der Waals surface area contributed by atoms with E-state index in [1.54, 1.807) is 0 Å². The highest BCUT2D eigenvalue weighted by molar-refractivity contribution is 6.02. The monoisotopic (exact) mass is 231 g/mol. The van der Waals surface area contributed by atoms with Crippen molar-refractivity contribution in [2.45, 2.75) is 32.8 Å². The average molecular weight is 231 g/mol. The van der Waals surface area contributed by atoms with Gasteiger partial charge in [-0.1, -0.05) is 32.0 Å². The van der Waals surface area contributed by atoms with Crippen molar-refractivity contribution in [1.82, 2.24) is 0 Å². The zero-order chi connectivity index (χ0) is 12.3. The minimum absolute atomic E-state index is 0.0290. The lowest BCUT2D eigenvalue weighted by Crippen LogP contribution is -2.33. The maximum Gasteiger partial charge on any atom is 0.311 e. The molecule has 0 aliphatic carbocycles. The second-order valence-electron chi connectivity index (χ2n) is 4.67. The lowest BCUT2D eigenvalue weighted by atomic mass is 9.97. The van der Waals surface area contributed by atoms with Crippen LogP contribution in [0.15, 0.2) is 35.3 Å². The third kappa shape index (κ3) is 3.16. The van der Waals surface area contributed by atoms with Crippen LogP contribution in [0, 0.1) is 5.92 Å². The quantitative estimate of drug-likeness (QED) is 0.733. The molecule has 1 saturated heterocycles. The van der Waals surface area contributed by atoms with Crippen LogP contribution in [0.25, 0.3) is 0 Å². The maximum atomic E-state index is 11.5. The number of para-hydroxylation sites is 1. The molecule has 1 aromatic carbocycles. The van der Waals surface area contributed by atoms with Crippen LogP contribution < -0.4 is 0 Å². The number of esters is 1. The summed E-state index contributed by atoms with van der Waals surface area (Å²) in [5.41, 5.74) is 1.82. The second-order valence-corrected chi connectivity index (χ2v) is 4.67. The first-order valence-electron chi connectivity index (χ1n) is 5.96. The van der Waals surface area contributed by atoms with E-state index in [-0.39, 0.29) is 12.1 Å². The molecule has 0 radical (unpaired) electrons. The van der Waals surface area contributed by atoms with Gasteiger partial charge in [0.25, 0.3) is 0 Å². The molecular weight excluding hydrogens is 214 g/mol. The molecule has 1 fully saturated rings. The van der Waals surface area contributed by atoms with E-state index >= 15 is 0 Å². The molecule has 0 N–H and O–H groups in total. The number of carbonyl (C=O) groups excluding carboxylic acids is 1. The largest absolute Gasteiger partial charge is 0.461 e. The fourth-order valence-corrected chi connectivity index (χ4v) is 1.87. The molecule has 0 aromatic heterocycles. The molecule has 2 rings (SSSR count). The molecule has 0 spiro atoms. The van der Waals surface area contributed by atoms with E-state index in [1.807, 2.05) is 30.3 Å². The third-order valence-corrected chi connectivity index (χ3v) is 2.86. The fourth-order valence-electron chi connectivity index (χ4n) is 1.87. The standard InChI is InChI=1S/C14H17NO2/c1-10(2)13-8-12(9-14(16)17-13)15-11-6-4-3-5-7-11/h3-7,10,13H,8-9H2,1-2H3. The van der Waals surface area contributed by atoms with Gasteiger partial charge in [0.2, 0.25) is 0 Å². The van der Waals surface area contributed by atoms with Crippen molar-refractivity contribution in [3.63, 3.8) is 0 Å². The molecule has 1 atom stereocenters. The van der Waals surface area contributed by atoms with Gasteiger partial charge in [-0.15, -0.1) is 0 Å². The Morgan fingerprint density at radius 3 is 2.65 bits per heavy atom. The van der Waals surface area contributed by atoms with Crippen LogP contribution in [0.4, 0.5) is 5.69 Å². The fraction of sp³-hybridized carbons (Fsp3) is 0.429. The normalized spacial score (nSPS) is 22.9. The summed E-state index contributed by atoms with van der Waals surface area (Å²) < 4.78 is 5.30. The van der Waals surface area contributed by atoms with Gasteiger partial charge in [-0.2, -0.15) is 0 Å². The van der Waals surface area contributed by atoms with E-state index in [4.69, 9.17) is 4.74 Å². The van der Waals surface area contributed by atoms with Crippen molar-refractivity contribution in [3.05, 3.63) is 30.3 Å². The van der Waals surface area contributed by atoms with Gasteiger partial charge in [0.1, 0.15) is 6.10 Å². The highest BCUT2D eigenvalue weighted by atomic mass is 16.5. The Hall–Kier alpha value is -1.64. The summed E-state index contributed by atoms with van der Waals surface area (Å²) in [4.78, 5) is 16.0. The lowest BCUT2D eigenvalue weighted by Gasteiger charge is -2.26. The van der Waals surface area contributed by atoms with E-state index in [1.165, 1.54) is 0 Å². The molecule has 90 valence electrons. The number of nitrogens with zero attached hydrogens (tertiary/aromatic N) is 1. The zero-order valence-electron chi connectivity index (χ0n) is 10.2. The van der Waals surface area contributed by atoms with Crippen LogP contribution in [-0.4, -0.2) is 17.8 Å². The summed E-state index contributed by atoms with van der Waals surface area (Å²) >= 11 is 0. The number of benzene rings is 1. The van der Waals surface area contributed by atoms with Crippen LogP contribution in [0.3, 0.4) is 0 Å². The zero-order valence-corrected chi connectivity index (χ0v) is 10.2. The van der Waals surface area contributed by atoms with Crippen LogP contribution in [0.2, 0.25) is 0 Å². The van der Waals surface area contributed by atoms with Crippen molar-refractivity contribution < 1.29 is 9.53 Å². The van der Waals surface area contributed by atoms with Gasteiger partial charge in [-0.05, 0) is 18.1 Å². The minimum atomic E-state index is -0.162. The van der Waals surface area contributed by atoms with Gasteiger partial charge in [-0.25, -0.2) is 0 Å². The topological polar surface area (TPSA) is 38.7 Å². The van der Waals surface area contributed by atoms with Crippen molar-refractivity contribution in [2.24, 2.45) is 10.9 Å². The van der Waals surface area contributed by atoms with Crippen LogP contribution >= 0.6 is 0 Å². The lowest BCUT2D eigenvalue weighted by molar-refractivity contribution is -0.151. The van der Waals surface area contributed by atoms with Crippen molar-refractivity contribution in [1.29, 1.82) is 0 Å². The first-order chi connectivity index (χ1) is 8.15. The molecule has 1 aliphatic heterocycles. The van der Waals surface area contributed by atoms with Gasteiger partial charge in [-0.3, -0.25) is 9.79 Å². The number of cyclic esters (lactones) is 1. The Balaban J connectivity index is 2.16. The molecule has 3 nitrogen and oxygen atoms in total. The van der Waals surface area contributed by atoms with Crippen molar-refractivity contribution in [2.75, 3.05) is 0 Å². The smallest absolute Gasteiger partial charge is 0.311 e. The van der Waals surface area contributed by atoms with E-state index in [2.05, 4.69) is 18.8 Å². The molecule has 0 bridgehead atoms. The molecule has 1 unspecified atom stereocenters. The number of rotatable bonds is 2. The number of carbonyl (C=O) groups is 1. The van der Waals surface area contributed by atoms with E-state index in [0.717, 1.165) is 17.8 Å². The molecule has 17 heavy (non-hydrogen) atoms. The molecule has 3 heteroatoms. The third-order valence-electron chi connectivity index (χ3n) is 2.86. The van der Waals surface area contributed by atoms with E-state index < -0.39 is 0 Å². The Labute approximate surface area is 102 Å². The summed E-state index contributed by atoms with van der Waals surface area (Å²) in [5.74, 6) is 0.171. The Kier molecular flexibility index (Phi) is 3.57. The summed E-state index contributed by atoms with van der Waals surface area (Å²) in [6, 6.07) is 9.73. The first-order valence-corrected chi connectivity index (χ1v) is 5.96. The van der Waals surface area contributed by atoms with Gasteiger partial charge >= 0.3 is 5.97 Å². The van der Waals surface area contributed by atoms with E-state index in [9.17, 15) is 4.79 Å². The van der Waals surface area contributed by atoms with Gasteiger partial charge < -0.3 is 4.74 Å². The number of ether oxygens (including phenoxy) is 1. The average Bonchev–Trinajstić information content (AvgIpc) is 2.29. The van der Waals surface area contributed by atoms with E-state index in [0.29, 0.717) is 12.3 Å². The van der Waals surface area contributed by atoms with Gasteiger partial charge in [0, 0.05) is 12.1 Å². The molecule has 1 aromatic rings. The van der Waals surface area contributed by atoms with Crippen LogP contribution in [-0.2, 0) is 9.53 Å². The molecule has 0 saturated carbocycles. The SMILES string of the molecule is CC(C)C1CC(=Nc2ccccc2)CC(=O)O1. The van der Waals surface area contributed by atoms with Gasteiger partial charge in [0.15, 0.2) is 0 Å². The molecule has 0 amide bonds. The van der Waals surface area contributed by atoms with Crippen molar-refractivity contribution in [3.8, 4) is 0 Å². The number of aliphatic imine (C=N–C) groups is 1. The van der Waals surface area contributed by atoms with Crippen LogP contribution in [0.5, 0.6) is 0 Å². The second kappa shape index (κ2) is 5.13. The molecular formula is C14H17NO2. The number of hydrogen-bond acceptors (Lipinski definition) is 3. The highest BCUT2D eigenvalue weighted by Crippen LogP contribution is 2.22. The predicted octanol–water partition coefficient (Wildman–Crippen LogP) is 3.12.